The van der Waals surface area contributed by atoms with Crippen LogP contribution in [-0.2, 0) is 0 Å². The average Bonchev–Trinajstić information content (AvgIpc) is 2.04. The van der Waals surface area contributed by atoms with Crippen LogP contribution in [0.3, 0.4) is 0 Å². The molecule has 0 aromatic rings. The van der Waals surface area contributed by atoms with E-state index in [-0.39, 0.29) is 6.23 Å². The van der Waals surface area contributed by atoms with Crippen molar-refractivity contribution < 1.29 is 5.11 Å². The summed E-state index contributed by atoms with van der Waals surface area (Å²) >= 11 is 0. The van der Waals surface area contributed by atoms with Gasteiger partial charge in [-0.3, -0.25) is 4.90 Å². The number of nitrogens with zero attached hydrogens (tertiary/aromatic N) is 1. The summed E-state index contributed by atoms with van der Waals surface area (Å²) in [6.45, 7) is 8.57. The lowest BCUT2D eigenvalue weighted by Gasteiger charge is -2.39. The van der Waals surface area contributed by atoms with Crippen molar-refractivity contribution in [3.05, 3.63) is 0 Å². The zero-order valence-electron chi connectivity index (χ0n) is 8.45. The second kappa shape index (κ2) is 4.24. The first-order valence-corrected chi connectivity index (χ1v) is 5.09. The van der Waals surface area contributed by atoms with E-state index >= 15 is 0 Å². The Balaban J connectivity index is 2.53. The quantitative estimate of drug-likeness (QED) is 0.683. The van der Waals surface area contributed by atoms with Gasteiger partial charge in [0.05, 0.1) is 0 Å². The standard InChI is InChI=1S/C10H21NO/c1-4-11-7-5-6-9(8(2)3)10(11)12/h8-10,12H,4-7H2,1-3H3. The van der Waals surface area contributed by atoms with E-state index in [1.165, 1.54) is 12.8 Å². The van der Waals surface area contributed by atoms with Crippen LogP contribution in [0.15, 0.2) is 0 Å². The summed E-state index contributed by atoms with van der Waals surface area (Å²) in [5.74, 6) is 1.09. The first kappa shape index (κ1) is 10.0. The highest BCUT2D eigenvalue weighted by Crippen LogP contribution is 2.27. The third-order valence-electron chi connectivity index (χ3n) is 3.00. The van der Waals surface area contributed by atoms with E-state index in [2.05, 4.69) is 25.7 Å². The molecule has 2 nitrogen and oxygen atoms in total. The predicted molar refractivity (Wildman–Crippen MR) is 50.8 cm³/mol. The molecule has 72 valence electrons. The zero-order valence-corrected chi connectivity index (χ0v) is 8.45. The number of likely N-dealkylation sites (tertiary alicyclic amines) is 1. The number of aliphatic hydroxyl groups is 1. The normalized spacial score (nSPS) is 32.8. The fourth-order valence-electron chi connectivity index (χ4n) is 2.10. The first-order chi connectivity index (χ1) is 5.66. The van der Waals surface area contributed by atoms with E-state index in [0.717, 1.165) is 13.1 Å². The van der Waals surface area contributed by atoms with Gasteiger partial charge >= 0.3 is 0 Å². The van der Waals surface area contributed by atoms with Gasteiger partial charge in [-0.15, -0.1) is 0 Å². The molecule has 0 aliphatic carbocycles. The molecule has 0 bridgehead atoms. The summed E-state index contributed by atoms with van der Waals surface area (Å²) in [5.41, 5.74) is 0. The summed E-state index contributed by atoms with van der Waals surface area (Å²) in [6, 6.07) is 0. The molecule has 1 saturated heterocycles. The molecule has 2 heteroatoms. The molecule has 0 aromatic heterocycles. The Kier molecular flexibility index (Phi) is 3.53. The molecule has 0 amide bonds. The first-order valence-electron chi connectivity index (χ1n) is 5.09. The lowest BCUT2D eigenvalue weighted by atomic mass is 9.86. The van der Waals surface area contributed by atoms with Gasteiger partial charge in [0.15, 0.2) is 0 Å². The minimum atomic E-state index is -0.191. The molecule has 0 spiro atoms. The molecule has 0 aromatic carbocycles. The van der Waals surface area contributed by atoms with Crippen LogP contribution in [0, 0.1) is 11.8 Å². The van der Waals surface area contributed by atoms with Gasteiger partial charge in [-0.2, -0.15) is 0 Å². The molecule has 1 heterocycles. The molecular weight excluding hydrogens is 150 g/mol. The second-order valence-corrected chi connectivity index (χ2v) is 4.09. The Morgan fingerprint density at radius 3 is 2.67 bits per heavy atom. The monoisotopic (exact) mass is 171 g/mol. The fourth-order valence-corrected chi connectivity index (χ4v) is 2.10. The van der Waals surface area contributed by atoms with Gasteiger partial charge in [0.1, 0.15) is 6.23 Å². The minimum absolute atomic E-state index is 0.191. The minimum Gasteiger partial charge on any atom is -0.378 e. The lowest BCUT2D eigenvalue weighted by molar-refractivity contribution is -0.0771. The van der Waals surface area contributed by atoms with Crippen molar-refractivity contribution in [2.75, 3.05) is 13.1 Å². The molecule has 2 atom stereocenters. The molecule has 1 aliphatic heterocycles. The van der Waals surface area contributed by atoms with Crippen molar-refractivity contribution in [2.24, 2.45) is 11.8 Å². The molecule has 2 unspecified atom stereocenters. The summed E-state index contributed by atoms with van der Waals surface area (Å²) in [6.07, 6.45) is 2.24. The van der Waals surface area contributed by atoms with Crippen molar-refractivity contribution >= 4 is 0 Å². The number of aliphatic hydroxyl groups excluding tert-OH is 1. The summed E-state index contributed by atoms with van der Waals surface area (Å²) in [7, 11) is 0. The predicted octanol–water partition coefficient (Wildman–Crippen LogP) is 1.69. The van der Waals surface area contributed by atoms with Gasteiger partial charge < -0.3 is 5.11 Å². The molecule has 0 radical (unpaired) electrons. The van der Waals surface area contributed by atoms with Crippen LogP contribution in [0.4, 0.5) is 0 Å². The Labute approximate surface area is 75.6 Å². The molecule has 0 saturated carbocycles. The molecular formula is C10H21NO. The van der Waals surface area contributed by atoms with Crippen molar-refractivity contribution in [2.45, 2.75) is 39.8 Å². The lowest BCUT2D eigenvalue weighted by Crippen LogP contribution is -2.46. The van der Waals surface area contributed by atoms with Crippen molar-refractivity contribution in [3.8, 4) is 0 Å². The maximum absolute atomic E-state index is 9.93. The van der Waals surface area contributed by atoms with Gasteiger partial charge in [0.25, 0.3) is 0 Å². The Hall–Kier alpha value is -0.0800. The smallest absolute Gasteiger partial charge is 0.110 e. The van der Waals surface area contributed by atoms with Gasteiger partial charge in [0, 0.05) is 12.5 Å². The highest BCUT2D eigenvalue weighted by atomic mass is 16.3. The van der Waals surface area contributed by atoms with E-state index in [1.54, 1.807) is 0 Å². The van der Waals surface area contributed by atoms with Crippen LogP contribution in [0.1, 0.15) is 33.6 Å². The summed E-state index contributed by atoms with van der Waals surface area (Å²) in [4.78, 5) is 2.17. The largest absolute Gasteiger partial charge is 0.378 e. The van der Waals surface area contributed by atoms with Gasteiger partial charge in [-0.05, 0) is 25.3 Å². The van der Waals surface area contributed by atoms with Gasteiger partial charge in [-0.25, -0.2) is 0 Å². The molecule has 1 fully saturated rings. The Morgan fingerprint density at radius 2 is 2.17 bits per heavy atom. The molecule has 1 aliphatic rings. The average molecular weight is 171 g/mol. The van der Waals surface area contributed by atoms with Gasteiger partial charge in [0.2, 0.25) is 0 Å². The number of piperidine rings is 1. The molecule has 12 heavy (non-hydrogen) atoms. The van der Waals surface area contributed by atoms with Crippen molar-refractivity contribution in [1.82, 2.24) is 4.90 Å². The Morgan fingerprint density at radius 1 is 1.50 bits per heavy atom. The molecule has 1 rings (SSSR count). The van der Waals surface area contributed by atoms with Crippen molar-refractivity contribution in [3.63, 3.8) is 0 Å². The maximum Gasteiger partial charge on any atom is 0.110 e. The maximum atomic E-state index is 9.93. The van der Waals surface area contributed by atoms with E-state index in [4.69, 9.17) is 0 Å². The van der Waals surface area contributed by atoms with E-state index in [0.29, 0.717) is 11.8 Å². The second-order valence-electron chi connectivity index (χ2n) is 4.09. The summed E-state index contributed by atoms with van der Waals surface area (Å²) in [5, 5.41) is 9.93. The van der Waals surface area contributed by atoms with Crippen LogP contribution < -0.4 is 0 Å². The molecule has 1 N–H and O–H groups in total. The van der Waals surface area contributed by atoms with Crippen LogP contribution in [0.5, 0.6) is 0 Å². The van der Waals surface area contributed by atoms with Crippen LogP contribution >= 0.6 is 0 Å². The highest BCUT2D eigenvalue weighted by Gasteiger charge is 2.30. The van der Waals surface area contributed by atoms with Crippen LogP contribution in [0.25, 0.3) is 0 Å². The zero-order chi connectivity index (χ0) is 9.14. The van der Waals surface area contributed by atoms with Crippen LogP contribution in [-0.4, -0.2) is 29.3 Å². The van der Waals surface area contributed by atoms with E-state index in [9.17, 15) is 5.11 Å². The number of hydrogen-bond donors (Lipinski definition) is 1. The van der Waals surface area contributed by atoms with E-state index in [1.807, 2.05) is 0 Å². The number of hydrogen-bond acceptors (Lipinski definition) is 2. The number of rotatable bonds is 2. The fraction of sp³-hybridized carbons (Fsp3) is 1.00. The van der Waals surface area contributed by atoms with E-state index < -0.39 is 0 Å². The van der Waals surface area contributed by atoms with Gasteiger partial charge in [-0.1, -0.05) is 20.8 Å². The summed E-state index contributed by atoms with van der Waals surface area (Å²) < 4.78 is 0. The van der Waals surface area contributed by atoms with Crippen molar-refractivity contribution in [1.29, 1.82) is 0 Å². The highest BCUT2D eigenvalue weighted by molar-refractivity contribution is 4.78. The topological polar surface area (TPSA) is 23.5 Å². The SMILES string of the molecule is CCN1CCCC(C(C)C)C1O. The Bertz CT molecular complexity index is 136. The van der Waals surface area contributed by atoms with Crippen LogP contribution in [0.2, 0.25) is 0 Å². The third-order valence-corrected chi connectivity index (χ3v) is 3.00. The third kappa shape index (κ3) is 1.99.